The second-order valence-electron chi connectivity index (χ2n) is 8.48. The molecule has 0 spiro atoms. The lowest BCUT2D eigenvalue weighted by atomic mass is 9.88. The molecule has 34 heavy (non-hydrogen) atoms. The van der Waals surface area contributed by atoms with Crippen molar-refractivity contribution in [1.82, 2.24) is 19.6 Å². The van der Waals surface area contributed by atoms with Crippen molar-refractivity contribution in [2.45, 2.75) is 32.6 Å². The first kappa shape index (κ1) is 22.0. The summed E-state index contributed by atoms with van der Waals surface area (Å²) in [5, 5.41) is 14.7. The average molecular weight is 473 g/mol. The third kappa shape index (κ3) is 4.24. The number of pyridine rings is 1. The Hall–Kier alpha value is -3.77. The van der Waals surface area contributed by atoms with Crippen LogP contribution in [-0.2, 0) is 10.0 Å². The topological polar surface area (TPSA) is 113 Å². The summed E-state index contributed by atoms with van der Waals surface area (Å²) in [6.07, 6.45) is 10.5. The molecule has 172 valence electrons. The van der Waals surface area contributed by atoms with E-state index in [1.54, 1.807) is 12.3 Å². The third-order valence-corrected chi connectivity index (χ3v) is 7.53. The van der Waals surface area contributed by atoms with Gasteiger partial charge in [0.25, 0.3) is 0 Å². The molecule has 0 radical (unpaired) electrons. The second-order valence-corrected chi connectivity index (χ2v) is 10.3. The Morgan fingerprint density at radius 1 is 1.26 bits per heavy atom. The van der Waals surface area contributed by atoms with Gasteiger partial charge in [-0.05, 0) is 61.1 Å². The Morgan fingerprint density at radius 2 is 2.15 bits per heavy atom. The van der Waals surface area contributed by atoms with Crippen LogP contribution in [0.2, 0.25) is 0 Å². The highest BCUT2D eigenvalue weighted by molar-refractivity contribution is 7.92. The SMILES string of the molecule is CCCS(=O)(=O)Nc1ccc2cc(-c3cnn4ccnc(C5=CCC(C#N)CC5)c34)ccc2n1. The number of rotatable bonds is 6. The quantitative estimate of drug-likeness (QED) is 0.431. The molecule has 0 aliphatic heterocycles. The molecule has 0 saturated heterocycles. The Bertz CT molecular complexity index is 1570. The first-order valence-corrected chi connectivity index (χ1v) is 13.0. The number of nitriles is 1. The van der Waals surface area contributed by atoms with Gasteiger partial charge >= 0.3 is 0 Å². The summed E-state index contributed by atoms with van der Waals surface area (Å²) in [6, 6.07) is 11.8. The number of hydrogen-bond donors (Lipinski definition) is 1. The Morgan fingerprint density at radius 3 is 2.91 bits per heavy atom. The minimum absolute atomic E-state index is 0.0599. The van der Waals surface area contributed by atoms with Gasteiger partial charge in [0.2, 0.25) is 10.0 Å². The van der Waals surface area contributed by atoms with Gasteiger partial charge in [-0.15, -0.1) is 0 Å². The number of allylic oxidation sites excluding steroid dienone is 2. The monoisotopic (exact) mass is 472 g/mol. The molecule has 1 aromatic carbocycles. The van der Waals surface area contributed by atoms with E-state index < -0.39 is 10.0 Å². The summed E-state index contributed by atoms with van der Waals surface area (Å²) >= 11 is 0. The minimum Gasteiger partial charge on any atom is -0.267 e. The van der Waals surface area contributed by atoms with Gasteiger partial charge in [0.05, 0.1) is 40.7 Å². The molecular formula is C25H24N6O2S. The molecular weight excluding hydrogens is 448 g/mol. The minimum atomic E-state index is -3.40. The van der Waals surface area contributed by atoms with Crippen LogP contribution in [0.3, 0.4) is 0 Å². The molecule has 1 unspecified atom stereocenters. The van der Waals surface area contributed by atoms with E-state index in [1.165, 1.54) is 0 Å². The van der Waals surface area contributed by atoms with Crippen LogP contribution >= 0.6 is 0 Å². The number of nitrogens with one attached hydrogen (secondary N) is 1. The van der Waals surface area contributed by atoms with E-state index in [9.17, 15) is 13.7 Å². The van der Waals surface area contributed by atoms with Gasteiger partial charge in [-0.3, -0.25) is 9.71 Å². The van der Waals surface area contributed by atoms with Gasteiger partial charge in [0.15, 0.2) is 0 Å². The van der Waals surface area contributed by atoms with Crippen LogP contribution in [0.4, 0.5) is 5.82 Å². The van der Waals surface area contributed by atoms with E-state index in [2.05, 4.69) is 31.9 Å². The number of hydrogen-bond acceptors (Lipinski definition) is 6. The maximum Gasteiger partial charge on any atom is 0.233 e. The zero-order valence-electron chi connectivity index (χ0n) is 18.8. The zero-order valence-corrected chi connectivity index (χ0v) is 19.6. The Balaban J connectivity index is 1.53. The smallest absolute Gasteiger partial charge is 0.233 e. The Labute approximate surface area is 198 Å². The van der Waals surface area contributed by atoms with Crippen molar-refractivity contribution in [3.05, 3.63) is 60.7 Å². The third-order valence-electron chi connectivity index (χ3n) is 6.06. The summed E-state index contributed by atoms with van der Waals surface area (Å²) in [5.41, 5.74) is 5.61. The van der Waals surface area contributed by atoms with Crippen molar-refractivity contribution in [3.8, 4) is 17.2 Å². The number of nitrogens with zero attached hydrogens (tertiary/aromatic N) is 5. The summed E-state index contributed by atoms with van der Waals surface area (Å²) in [5.74, 6) is 0.443. The highest BCUT2D eigenvalue weighted by Gasteiger charge is 2.20. The van der Waals surface area contributed by atoms with Gasteiger partial charge in [-0.25, -0.2) is 17.9 Å². The second kappa shape index (κ2) is 8.88. The van der Waals surface area contributed by atoms with Crippen molar-refractivity contribution in [2.24, 2.45) is 5.92 Å². The summed E-state index contributed by atoms with van der Waals surface area (Å²) in [6.45, 7) is 1.82. The highest BCUT2D eigenvalue weighted by atomic mass is 32.2. The van der Waals surface area contributed by atoms with E-state index in [4.69, 9.17) is 0 Å². The fraction of sp³-hybridized carbons (Fsp3) is 0.280. The summed E-state index contributed by atoms with van der Waals surface area (Å²) in [4.78, 5) is 9.15. The van der Waals surface area contributed by atoms with Crippen molar-refractivity contribution in [3.63, 3.8) is 0 Å². The molecule has 3 aromatic heterocycles. The number of benzene rings is 1. The van der Waals surface area contributed by atoms with E-state index >= 15 is 0 Å². The molecule has 4 aromatic rings. The molecule has 9 heteroatoms. The maximum absolute atomic E-state index is 12.1. The lowest BCUT2D eigenvalue weighted by molar-refractivity contribution is 0.599. The van der Waals surface area contributed by atoms with Crippen molar-refractivity contribution < 1.29 is 8.42 Å². The molecule has 5 rings (SSSR count). The van der Waals surface area contributed by atoms with Crippen LogP contribution in [-0.4, -0.2) is 33.8 Å². The molecule has 0 amide bonds. The van der Waals surface area contributed by atoms with Gasteiger partial charge in [0.1, 0.15) is 5.82 Å². The van der Waals surface area contributed by atoms with Crippen molar-refractivity contribution in [2.75, 3.05) is 10.5 Å². The molecule has 1 aliphatic carbocycles. The van der Waals surface area contributed by atoms with Crippen molar-refractivity contribution >= 4 is 37.8 Å². The standard InChI is InChI=1S/C25H24N6O2S/c1-2-13-34(32,33)30-23-10-8-20-14-19(7-9-22(20)29-23)21-16-28-31-12-11-27-24(25(21)31)18-5-3-17(15-26)4-6-18/h5,7-12,14,16-17H,2-4,6,13H2,1H3,(H,29,30). The molecule has 8 nitrogen and oxygen atoms in total. The van der Waals surface area contributed by atoms with Crippen LogP contribution in [0.25, 0.3) is 33.1 Å². The van der Waals surface area contributed by atoms with E-state index in [0.29, 0.717) is 17.8 Å². The van der Waals surface area contributed by atoms with Crippen LogP contribution in [0.5, 0.6) is 0 Å². The molecule has 0 fully saturated rings. The highest BCUT2D eigenvalue weighted by Crippen LogP contribution is 2.35. The number of aromatic nitrogens is 4. The molecule has 0 bridgehead atoms. The van der Waals surface area contributed by atoms with Crippen LogP contribution in [0, 0.1) is 17.2 Å². The number of fused-ring (bicyclic) bond motifs is 2. The van der Waals surface area contributed by atoms with Crippen LogP contribution in [0.1, 0.15) is 38.3 Å². The molecule has 0 saturated carbocycles. The van der Waals surface area contributed by atoms with E-state index in [-0.39, 0.29) is 11.7 Å². The van der Waals surface area contributed by atoms with Crippen molar-refractivity contribution in [1.29, 1.82) is 5.26 Å². The first-order chi connectivity index (χ1) is 16.5. The summed E-state index contributed by atoms with van der Waals surface area (Å²) < 4.78 is 28.5. The molecule has 3 heterocycles. The van der Waals surface area contributed by atoms with E-state index in [1.807, 2.05) is 48.1 Å². The number of sulfonamides is 1. The van der Waals surface area contributed by atoms with Crippen LogP contribution < -0.4 is 4.72 Å². The first-order valence-electron chi connectivity index (χ1n) is 11.3. The maximum atomic E-state index is 12.1. The largest absolute Gasteiger partial charge is 0.267 e. The predicted octanol–water partition coefficient (Wildman–Crippen LogP) is 4.80. The lowest BCUT2D eigenvalue weighted by Gasteiger charge is -2.17. The van der Waals surface area contributed by atoms with Gasteiger partial charge in [0, 0.05) is 23.3 Å². The molecule has 1 atom stereocenters. The Kier molecular flexibility index (Phi) is 5.75. The average Bonchev–Trinajstić information content (AvgIpc) is 3.28. The normalized spacial score (nSPS) is 16.4. The molecule has 1 N–H and O–H groups in total. The van der Waals surface area contributed by atoms with Crippen LogP contribution in [0.15, 0.2) is 55.0 Å². The van der Waals surface area contributed by atoms with Gasteiger partial charge < -0.3 is 0 Å². The fourth-order valence-electron chi connectivity index (χ4n) is 4.39. The zero-order chi connectivity index (χ0) is 23.7. The fourth-order valence-corrected chi connectivity index (χ4v) is 5.46. The lowest BCUT2D eigenvalue weighted by Crippen LogP contribution is -2.16. The predicted molar refractivity (Wildman–Crippen MR) is 132 cm³/mol. The van der Waals surface area contributed by atoms with Gasteiger partial charge in [-0.2, -0.15) is 10.4 Å². The van der Waals surface area contributed by atoms with Gasteiger partial charge in [-0.1, -0.05) is 19.1 Å². The molecule has 1 aliphatic rings. The van der Waals surface area contributed by atoms with E-state index in [0.717, 1.165) is 52.6 Å². The summed E-state index contributed by atoms with van der Waals surface area (Å²) in [7, 11) is -3.40. The number of anilines is 1.